The standard InChI is InChI=1S/C24H23S.C21H31O2S.C16H21OS/c1-24(2,3)16-12-14-17(15-13-16)25-22-18-8-4-5-9-19(18)23(25)21-11-7-6-10-20(21)22;1-21(2,3)20(19(22)15-11-13-16(23-4)14-12-15)24-17-7-5-8-18(24)10-6-9-17;17-16(13-6-2-1-3-7-13)12-18-14-8-4-9-15(18)11-5-10-14/h4-15,22-23H,1-3H3;11-14,17-18,20H,5-10H2,1-4H3;1-3,6-7,14-15H,4-5,8-12H2/q3*+1. The maximum Gasteiger partial charge on any atom is 0.215 e. The van der Waals surface area contributed by atoms with Crippen molar-refractivity contribution in [3.05, 3.63) is 166 Å². The van der Waals surface area contributed by atoms with Gasteiger partial charge in [0.05, 0.1) is 7.11 Å². The Balaban J connectivity index is 0.000000128. The van der Waals surface area contributed by atoms with E-state index < -0.39 is 0 Å². The van der Waals surface area contributed by atoms with E-state index in [2.05, 4.69) is 114 Å². The summed E-state index contributed by atoms with van der Waals surface area (Å²) in [6.45, 7) is 13.6. The van der Waals surface area contributed by atoms with Crippen LogP contribution in [-0.4, -0.2) is 50.7 Å². The molecule has 0 aromatic heterocycles. The molecule has 0 amide bonds. The molecule has 1 atom stereocenters. The molecule has 6 aliphatic rings. The molecule has 4 fully saturated rings. The molecule has 0 radical (unpaired) electrons. The molecule has 0 spiro atoms. The molecular weight excluding hydrogens is 877 g/mol. The van der Waals surface area contributed by atoms with Gasteiger partial charge in [0.15, 0.2) is 26.4 Å². The van der Waals surface area contributed by atoms with Gasteiger partial charge >= 0.3 is 0 Å². The predicted molar refractivity (Wildman–Crippen MR) is 289 cm³/mol. The van der Waals surface area contributed by atoms with E-state index in [1.807, 2.05) is 54.6 Å². The summed E-state index contributed by atoms with van der Waals surface area (Å²) < 4.78 is 5.24. The lowest BCUT2D eigenvalue weighted by Crippen LogP contribution is -2.54. The van der Waals surface area contributed by atoms with Crippen LogP contribution < -0.4 is 4.74 Å². The molecule has 6 heterocycles. The fourth-order valence-electron chi connectivity index (χ4n) is 12.3. The molecule has 3 nitrogen and oxygen atoms in total. The summed E-state index contributed by atoms with van der Waals surface area (Å²) in [5.41, 5.74) is 9.61. The number of ether oxygens (including phenoxy) is 1. The first kappa shape index (κ1) is 48.3. The van der Waals surface area contributed by atoms with Crippen LogP contribution in [0.1, 0.15) is 178 Å². The van der Waals surface area contributed by atoms with E-state index >= 15 is 0 Å². The second-order valence-corrected chi connectivity index (χ2v) is 29.4. The van der Waals surface area contributed by atoms with Gasteiger partial charge in [-0.15, -0.1) is 0 Å². The molecule has 0 N–H and O–H groups in total. The number of carbonyl (C=O) groups is 2. The fourth-order valence-corrected chi connectivity index (χ4v) is 23.1. The average molecular weight is 952 g/mol. The average Bonchev–Trinajstić information content (AvgIpc) is 3.84. The van der Waals surface area contributed by atoms with Crippen molar-refractivity contribution in [3.8, 4) is 5.75 Å². The minimum absolute atomic E-state index is 0.0191. The Hall–Kier alpha value is -3.71. The van der Waals surface area contributed by atoms with Crippen molar-refractivity contribution in [3.63, 3.8) is 0 Å². The van der Waals surface area contributed by atoms with Crippen LogP contribution in [0.15, 0.2) is 132 Å². The Bertz CT molecular complexity index is 2320. The van der Waals surface area contributed by atoms with Crippen LogP contribution in [0.5, 0.6) is 5.75 Å². The van der Waals surface area contributed by atoms with Crippen LogP contribution in [0.25, 0.3) is 0 Å². The van der Waals surface area contributed by atoms with Gasteiger partial charge in [-0.05, 0) is 124 Å². The van der Waals surface area contributed by atoms with Crippen molar-refractivity contribution in [2.24, 2.45) is 5.41 Å². The molecule has 6 heteroatoms. The third-order valence-corrected chi connectivity index (χ3v) is 25.6. The summed E-state index contributed by atoms with van der Waals surface area (Å²) in [5.74, 6) is 2.36. The molecule has 11 rings (SSSR count). The van der Waals surface area contributed by atoms with Crippen molar-refractivity contribution in [2.75, 3.05) is 12.9 Å². The Morgan fingerprint density at radius 1 is 0.537 bits per heavy atom. The topological polar surface area (TPSA) is 43.4 Å². The molecule has 352 valence electrons. The summed E-state index contributed by atoms with van der Waals surface area (Å²) in [5, 5.41) is 4.53. The van der Waals surface area contributed by atoms with Crippen molar-refractivity contribution in [2.45, 2.75) is 166 Å². The third kappa shape index (κ3) is 10.3. The van der Waals surface area contributed by atoms with E-state index in [-0.39, 0.29) is 37.9 Å². The third-order valence-electron chi connectivity index (χ3n) is 15.5. The first-order valence-electron chi connectivity index (χ1n) is 25.5. The van der Waals surface area contributed by atoms with Gasteiger partial charge in [0.2, 0.25) is 11.6 Å². The lowest BCUT2D eigenvalue weighted by molar-refractivity contribution is 0.0946. The smallest absolute Gasteiger partial charge is 0.215 e. The minimum Gasteiger partial charge on any atom is -0.497 e. The van der Waals surface area contributed by atoms with Crippen molar-refractivity contribution >= 4 is 44.3 Å². The highest BCUT2D eigenvalue weighted by atomic mass is 32.2. The number of hydrogen-bond donors (Lipinski definition) is 0. The lowest BCUT2D eigenvalue weighted by atomic mass is 9.86. The number of hydrogen-bond acceptors (Lipinski definition) is 3. The molecule has 5 aromatic carbocycles. The highest BCUT2D eigenvalue weighted by Crippen LogP contribution is 2.62. The molecular formula is C61H75O3S3+3. The largest absolute Gasteiger partial charge is 0.497 e. The second-order valence-electron chi connectivity index (χ2n) is 22.0. The molecule has 6 bridgehead atoms. The van der Waals surface area contributed by atoms with Crippen LogP contribution >= 0.6 is 0 Å². The first-order chi connectivity index (χ1) is 32.3. The van der Waals surface area contributed by atoms with Crippen LogP contribution in [0, 0.1) is 5.41 Å². The zero-order chi connectivity index (χ0) is 46.9. The molecule has 0 saturated carbocycles. The van der Waals surface area contributed by atoms with E-state index in [0.29, 0.717) is 33.0 Å². The number of methoxy groups -OCH3 is 1. The normalized spacial score (nSPS) is 27.2. The number of benzene rings is 5. The molecule has 0 aliphatic carbocycles. The van der Waals surface area contributed by atoms with Gasteiger partial charge in [-0.1, -0.05) is 133 Å². The molecule has 4 saturated heterocycles. The number of fused-ring (bicyclic) bond motifs is 12. The van der Waals surface area contributed by atoms with Gasteiger partial charge in [0.25, 0.3) is 0 Å². The van der Waals surface area contributed by atoms with E-state index in [1.54, 1.807) is 29.4 Å². The van der Waals surface area contributed by atoms with Gasteiger partial charge in [0.1, 0.15) is 26.7 Å². The van der Waals surface area contributed by atoms with Crippen molar-refractivity contribution in [1.82, 2.24) is 0 Å². The molecule has 5 aromatic rings. The fraction of sp³-hybridized carbons (Fsp3) is 0.475. The number of Topliss-reactive ketones (excluding diaryl/α,β-unsaturated/α-hetero) is 2. The molecule has 6 aliphatic heterocycles. The van der Waals surface area contributed by atoms with Crippen LogP contribution in [0.2, 0.25) is 0 Å². The maximum absolute atomic E-state index is 13.5. The second kappa shape index (κ2) is 20.7. The summed E-state index contributed by atoms with van der Waals surface area (Å²) in [4.78, 5) is 27.3. The number of ketones is 2. The quantitative estimate of drug-likeness (QED) is 0.115. The Kier molecular flexibility index (Phi) is 14.9. The van der Waals surface area contributed by atoms with E-state index in [1.165, 1.54) is 87.5 Å². The monoisotopic (exact) mass is 951 g/mol. The Labute approximate surface area is 412 Å². The van der Waals surface area contributed by atoms with Crippen LogP contribution in [0.3, 0.4) is 0 Å². The molecule has 67 heavy (non-hydrogen) atoms. The maximum atomic E-state index is 13.5. The number of rotatable bonds is 8. The highest BCUT2D eigenvalue weighted by Gasteiger charge is 2.59. The van der Waals surface area contributed by atoms with Crippen LogP contribution in [-0.2, 0) is 38.1 Å². The van der Waals surface area contributed by atoms with Gasteiger partial charge in [-0.3, -0.25) is 9.59 Å². The summed E-state index contributed by atoms with van der Waals surface area (Å²) in [6.07, 6.45) is 16.4. The van der Waals surface area contributed by atoms with Crippen molar-refractivity contribution < 1.29 is 14.3 Å². The zero-order valence-corrected chi connectivity index (χ0v) is 43.8. The highest BCUT2D eigenvalue weighted by molar-refractivity contribution is 7.99. The van der Waals surface area contributed by atoms with Gasteiger partial charge in [0, 0.05) is 71.5 Å². The lowest BCUT2D eigenvalue weighted by Gasteiger charge is -2.42. The van der Waals surface area contributed by atoms with Gasteiger partial charge in [-0.25, -0.2) is 0 Å². The van der Waals surface area contributed by atoms with E-state index in [9.17, 15) is 9.59 Å². The Morgan fingerprint density at radius 3 is 1.39 bits per heavy atom. The van der Waals surface area contributed by atoms with Crippen LogP contribution in [0.4, 0.5) is 0 Å². The van der Waals surface area contributed by atoms with E-state index in [4.69, 9.17) is 4.74 Å². The first-order valence-corrected chi connectivity index (χ1v) is 29.8. The zero-order valence-electron chi connectivity index (χ0n) is 41.3. The van der Waals surface area contributed by atoms with Crippen molar-refractivity contribution in [1.29, 1.82) is 0 Å². The molecule has 1 unspecified atom stereocenters. The van der Waals surface area contributed by atoms with E-state index in [0.717, 1.165) is 43.6 Å². The minimum atomic E-state index is 0.0191. The summed E-state index contributed by atoms with van der Waals surface area (Å²) >= 11 is 0. The Morgan fingerprint density at radius 2 is 0.970 bits per heavy atom. The SMILES string of the molecule is CC(C)(C)c1ccc([S+]2C3c4ccccc4C2c2ccccc23)cc1.COc1ccc(C(=O)C([S+]2C3CCCC2CCC3)C(C)(C)C)cc1.O=C(C[S+]1C2CCCC1CCC2)c1ccccc1. The summed E-state index contributed by atoms with van der Waals surface area (Å²) in [6, 6.07) is 45.2. The predicted octanol–water partition coefficient (Wildman–Crippen LogP) is 14.8. The van der Waals surface area contributed by atoms with Gasteiger partial charge < -0.3 is 4.74 Å². The summed E-state index contributed by atoms with van der Waals surface area (Å²) in [7, 11) is 2.48. The van der Waals surface area contributed by atoms with Gasteiger partial charge in [-0.2, -0.15) is 0 Å². The number of carbonyl (C=O) groups excluding carboxylic acids is 2.